The lowest BCUT2D eigenvalue weighted by Gasteiger charge is -2.11. The first-order valence-corrected chi connectivity index (χ1v) is 10.2. The molecule has 0 atom stereocenters. The molecule has 0 saturated heterocycles. The van der Waals surface area contributed by atoms with Gasteiger partial charge in [0, 0.05) is 23.3 Å². The highest BCUT2D eigenvalue weighted by molar-refractivity contribution is 7.80. The number of ether oxygens (including phenoxy) is 1. The summed E-state index contributed by atoms with van der Waals surface area (Å²) in [5.74, 6) is -0.418. The maximum Gasteiger partial charge on any atom is 0.270 e. The summed E-state index contributed by atoms with van der Waals surface area (Å²) in [5.41, 5.74) is 5.02. The Kier molecular flexibility index (Phi) is 9.37. The Labute approximate surface area is 185 Å². The molecule has 0 aliphatic heterocycles. The zero-order chi connectivity index (χ0) is 22.6. The van der Waals surface area contributed by atoms with Crippen molar-refractivity contribution in [2.24, 2.45) is 0 Å². The molecule has 0 unspecified atom stereocenters. The van der Waals surface area contributed by atoms with E-state index < -0.39 is 16.7 Å². The predicted molar refractivity (Wildman–Crippen MR) is 120 cm³/mol. The number of nitrogens with zero attached hydrogens (tertiary/aromatic N) is 1. The molecule has 0 heterocycles. The van der Waals surface area contributed by atoms with Crippen LogP contribution in [0.4, 0.5) is 5.69 Å². The predicted octanol–water partition coefficient (Wildman–Crippen LogP) is 3.50. The average Bonchev–Trinajstić information content (AvgIpc) is 2.77. The molecule has 0 fully saturated rings. The molecule has 0 aliphatic carbocycles. The van der Waals surface area contributed by atoms with Gasteiger partial charge in [-0.25, -0.2) is 0 Å². The van der Waals surface area contributed by atoms with Crippen molar-refractivity contribution in [2.75, 3.05) is 6.61 Å². The third-order valence-electron chi connectivity index (χ3n) is 4.22. The molecule has 0 aromatic heterocycles. The number of rotatable bonds is 9. The summed E-state index contributed by atoms with van der Waals surface area (Å²) in [6.45, 7) is 2.78. The van der Waals surface area contributed by atoms with E-state index in [1.165, 1.54) is 31.0 Å². The number of hydrazine groups is 1. The number of benzene rings is 2. The summed E-state index contributed by atoms with van der Waals surface area (Å²) in [4.78, 5) is 34.5. The molecule has 164 valence electrons. The third kappa shape index (κ3) is 8.01. The molecular formula is C21H24N4O5S. The van der Waals surface area contributed by atoms with Crippen molar-refractivity contribution in [3.8, 4) is 5.75 Å². The van der Waals surface area contributed by atoms with Gasteiger partial charge in [0.15, 0.2) is 5.11 Å². The van der Waals surface area contributed by atoms with Gasteiger partial charge in [-0.05, 0) is 49.0 Å². The minimum absolute atomic E-state index is 0.0648. The zero-order valence-corrected chi connectivity index (χ0v) is 17.9. The lowest BCUT2D eigenvalue weighted by Crippen LogP contribution is -2.48. The highest BCUT2D eigenvalue weighted by Gasteiger charge is 2.13. The Balaban J connectivity index is 1.78. The molecule has 3 N–H and O–H groups in total. The minimum atomic E-state index is -0.643. The highest BCUT2D eigenvalue weighted by atomic mass is 32.1. The summed E-state index contributed by atoms with van der Waals surface area (Å²) >= 11 is 4.97. The molecule has 0 bridgehead atoms. The summed E-state index contributed by atoms with van der Waals surface area (Å²) in [6, 6.07) is 11.8. The maximum atomic E-state index is 12.2. The highest BCUT2D eigenvalue weighted by Crippen LogP contribution is 2.14. The van der Waals surface area contributed by atoms with Crippen LogP contribution in [0.5, 0.6) is 5.75 Å². The molecule has 2 aromatic carbocycles. The summed E-state index contributed by atoms with van der Waals surface area (Å²) < 4.78 is 5.64. The number of hydrogen-bond acceptors (Lipinski definition) is 6. The number of non-ortho nitro benzene ring substituents is 1. The van der Waals surface area contributed by atoms with Crippen LogP contribution < -0.4 is 20.9 Å². The normalized spacial score (nSPS) is 10.1. The van der Waals surface area contributed by atoms with E-state index in [2.05, 4.69) is 23.1 Å². The van der Waals surface area contributed by atoms with Gasteiger partial charge in [0.2, 0.25) is 0 Å². The van der Waals surface area contributed by atoms with Gasteiger partial charge < -0.3 is 4.74 Å². The van der Waals surface area contributed by atoms with E-state index in [4.69, 9.17) is 17.0 Å². The van der Waals surface area contributed by atoms with Crippen LogP contribution in [0.15, 0.2) is 48.5 Å². The number of nitro benzene ring substituents is 1. The summed E-state index contributed by atoms with van der Waals surface area (Å²) in [6.07, 6.45) is 4.46. The number of nitro groups is 1. The Bertz CT molecular complexity index is 934. The van der Waals surface area contributed by atoms with Crippen LogP contribution in [0, 0.1) is 10.1 Å². The van der Waals surface area contributed by atoms with Gasteiger partial charge in [-0.15, -0.1) is 0 Å². The second kappa shape index (κ2) is 12.2. The van der Waals surface area contributed by atoms with Gasteiger partial charge in [0.1, 0.15) is 5.75 Å². The van der Waals surface area contributed by atoms with Crippen molar-refractivity contribution >= 4 is 34.8 Å². The first-order chi connectivity index (χ1) is 14.9. The lowest BCUT2D eigenvalue weighted by atomic mass is 10.2. The van der Waals surface area contributed by atoms with Crippen molar-refractivity contribution in [3.63, 3.8) is 0 Å². The van der Waals surface area contributed by atoms with E-state index in [9.17, 15) is 19.7 Å². The largest absolute Gasteiger partial charge is 0.494 e. The number of carbonyl (C=O) groups excluding carboxylic acids is 2. The molecular weight excluding hydrogens is 420 g/mol. The van der Waals surface area contributed by atoms with Crippen molar-refractivity contribution in [2.45, 2.75) is 32.6 Å². The minimum Gasteiger partial charge on any atom is -0.494 e. The molecule has 0 saturated carbocycles. The SMILES string of the molecule is CCCCCCOc1ccc(C(=O)NNC(=S)NC(=O)c2cccc([N+](=O)[O-])c2)cc1. The standard InChI is InChI=1S/C21H24N4O5S/c1-2-3-4-5-13-30-18-11-9-15(10-12-18)20(27)23-24-21(31)22-19(26)16-7-6-8-17(14-16)25(28)29/h6-12,14H,2-5,13H2,1H3,(H,23,27)(H2,22,24,26,31). The fraction of sp³-hybridized carbons (Fsp3) is 0.286. The molecule has 2 aromatic rings. The Morgan fingerprint density at radius 3 is 2.42 bits per heavy atom. The summed E-state index contributed by atoms with van der Waals surface area (Å²) in [5, 5.41) is 13.0. The van der Waals surface area contributed by atoms with E-state index >= 15 is 0 Å². The topological polar surface area (TPSA) is 123 Å². The van der Waals surface area contributed by atoms with Crippen LogP contribution in [0.25, 0.3) is 0 Å². The second-order valence-corrected chi connectivity index (χ2v) is 7.01. The van der Waals surface area contributed by atoms with Gasteiger partial charge >= 0.3 is 0 Å². The van der Waals surface area contributed by atoms with Crippen molar-refractivity contribution in [1.29, 1.82) is 0 Å². The number of amides is 2. The van der Waals surface area contributed by atoms with E-state index in [0.717, 1.165) is 18.9 Å². The van der Waals surface area contributed by atoms with Gasteiger partial charge in [-0.3, -0.25) is 35.9 Å². The number of hydrogen-bond donors (Lipinski definition) is 3. The quantitative estimate of drug-likeness (QED) is 0.234. The van der Waals surface area contributed by atoms with Crippen LogP contribution in [-0.2, 0) is 0 Å². The number of carbonyl (C=O) groups is 2. The van der Waals surface area contributed by atoms with E-state index in [1.54, 1.807) is 24.3 Å². The van der Waals surface area contributed by atoms with Gasteiger partial charge in [0.25, 0.3) is 17.5 Å². The van der Waals surface area contributed by atoms with Crippen LogP contribution in [0.2, 0.25) is 0 Å². The molecule has 9 nitrogen and oxygen atoms in total. The number of nitrogens with one attached hydrogen (secondary N) is 3. The van der Waals surface area contributed by atoms with Crippen LogP contribution >= 0.6 is 12.2 Å². The lowest BCUT2D eigenvalue weighted by molar-refractivity contribution is -0.384. The average molecular weight is 445 g/mol. The molecule has 0 radical (unpaired) electrons. The fourth-order valence-electron chi connectivity index (χ4n) is 2.57. The van der Waals surface area contributed by atoms with Crippen LogP contribution in [0.1, 0.15) is 53.3 Å². The maximum absolute atomic E-state index is 12.2. The summed E-state index contributed by atoms with van der Waals surface area (Å²) in [7, 11) is 0. The molecule has 10 heteroatoms. The van der Waals surface area contributed by atoms with Crippen molar-refractivity contribution < 1.29 is 19.2 Å². The van der Waals surface area contributed by atoms with Gasteiger partial charge in [-0.1, -0.05) is 32.3 Å². The van der Waals surface area contributed by atoms with E-state index in [-0.39, 0.29) is 16.4 Å². The van der Waals surface area contributed by atoms with Crippen LogP contribution in [0.3, 0.4) is 0 Å². The number of thiocarbonyl (C=S) groups is 1. The van der Waals surface area contributed by atoms with Crippen molar-refractivity contribution in [3.05, 3.63) is 69.8 Å². The second-order valence-electron chi connectivity index (χ2n) is 6.60. The Morgan fingerprint density at radius 2 is 1.74 bits per heavy atom. The first-order valence-electron chi connectivity index (χ1n) is 9.79. The van der Waals surface area contributed by atoms with E-state index in [1.807, 2.05) is 0 Å². The smallest absolute Gasteiger partial charge is 0.270 e. The third-order valence-corrected chi connectivity index (χ3v) is 4.42. The molecule has 0 aliphatic rings. The monoisotopic (exact) mass is 444 g/mol. The molecule has 0 spiro atoms. The Hall–Kier alpha value is -3.53. The van der Waals surface area contributed by atoms with Crippen molar-refractivity contribution in [1.82, 2.24) is 16.2 Å². The van der Waals surface area contributed by atoms with Crippen LogP contribution in [-0.4, -0.2) is 28.5 Å². The van der Waals surface area contributed by atoms with Gasteiger partial charge in [-0.2, -0.15) is 0 Å². The Morgan fingerprint density at radius 1 is 1.00 bits per heavy atom. The first kappa shape index (κ1) is 23.7. The van der Waals surface area contributed by atoms with Gasteiger partial charge in [0.05, 0.1) is 11.5 Å². The number of unbranched alkanes of at least 4 members (excludes halogenated alkanes) is 3. The molecule has 31 heavy (non-hydrogen) atoms. The zero-order valence-electron chi connectivity index (χ0n) is 17.1. The molecule has 2 amide bonds. The molecule has 2 rings (SSSR count). The van der Waals surface area contributed by atoms with E-state index in [0.29, 0.717) is 17.9 Å². The fourth-order valence-corrected chi connectivity index (χ4v) is 2.72.